The highest BCUT2D eigenvalue weighted by Gasteiger charge is 2.28. The number of carbonyl (C=O) groups is 1. The summed E-state index contributed by atoms with van der Waals surface area (Å²) >= 11 is 0. The molecule has 0 aliphatic carbocycles. The SMILES string of the molecule is Cc1ccc(C(=O)N2CCCC(c3nccn3Cc3cccnc3)C2)cn1. The minimum atomic E-state index is 0.0533. The van der Waals surface area contributed by atoms with Crippen LogP contribution in [0.5, 0.6) is 0 Å². The smallest absolute Gasteiger partial charge is 0.255 e. The van der Waals surface area contributed by atoms with Crippen molar-refractivity contribution in [2.24, 2.45) is 0 Å². The zero-order valence-corrected chi connectivity index (χ0v) is 15.5. The van der Waals surface area contributed by atoms with Gasteiger partial charge in [0, 0.05) is 55.7 Å². The van der Waals surface area contributed by atoms with Crippen LogP contribution in [0.1, 0.15) is 46.2 Å². The zero-order chi connectivity index (χ0) is 18.6. The number of nitrogens with zero attached hydrogens (tertiary/aromatic N) is 5. The van der Waals surface area contributed by atoms with Crippen molar-refractivity contribution in [1.82, 2.24) is 24.4 Å². The lowest BCUT2D eigenvalue weighted by Gasteiger charge is -2.32. The molecular formula is C21H23N5O. The van der Waals surface area contributed by atoms with E-state index in [2.05, 4.69) is 25.6 Å². The van der Waals surface area contributed by atoms with E-state index in [1.807, 2.05) is 48.6 Å². The minimum absolute atomic E-state index is 0.0533. The van der Waals surface area contributed by atoms with Crippen molar-refractivity contribution in [3.05, 3.63) is 77.9 Å². The summed E-state index contributed by atoms with van der Waals surface area (Å²) in [6, 6.07) is 7.76. The highest BCUT2D eigenvalue weighted by Crippen LogP contribution is 2.27. The number of rotatable bonds is 4. The van der Waals surface area contributed by atoms with Crippen LogP contribution in [0.4, 0.5) is 0 Å². The molecule has 3 aromatic heterocycles. The van der Waals surface area contributed by atoms with Gasteiger partial charge in [-0.05, 0) is 43.5 Å². The van der Waals surface area contributed by atoms with Gasteiger partial charge in [0.1, 0.15) is 5.82 Å². The number of aromatic nitrogens is 4. The molecule has 6 nitrogen and oxygen atoms in total. The number of likely N-dealkylation sites (tertiary alicyclic amines) is 1. The first-order valence-electron chi connectivity index (χ1n) is 9.32. The fourth-order valence-corrected chi connectivity index (χ4v) is 3.65. The van der Waals surface area contributed by atoms with Gasteiger partial charge >= 0.3 is 0 Å². The number of piperidine rings is 1. The molecule has 1 atom stereocenters. The maximum absolute atomic E-state index is 12.9. The highest BCUT2D eigenvalue weighted by molar-refractivity contribution is 5.94. The second-order valence-corrected chi connectivity index (χ2v) is 7.05. The molecule has 0 N–H and O–H groups in total. The Kier molecular flexibility index (Phi) is 4.96. The molecule has 0 aromatic carbocycles. The summed E-state index contributed by atoms with van der Waals surface area (Å²) in [7, 11) is 0. The summed E-state index contributed by atoms with van der Waals surface area (Å²) in [4.78, 5) is 27.8. The summed E-state index contributed by atoms with van der Waals surface area (Å²) < 4.78 is 2.17. The number of imidazole rings is 1. The molecule has 0 radical (unpaired) electrons. The van der Waals surface area contributed by atoms with Gasteiger partial charge in [-0.25, -0.2) is 4.98 Å². The Bertz CT molecular complexity index is 904. The molecule has 4 rings (SSSR count). The lowest BCUT2D eigenvalue weighted by atomic mass is 9.96. The van der Waals surface area contributed by atoms with E-state index in [1.54, 1.807) is 12.4 Å². The second-order valence-electron chi connectivity index (χ2n) is 7.05. The van der Waals surface area contributed by atoms with E-state index in [-0.39, 0.29) is 11.8 Å². The Hall–Kier alpha value is -3.02. The van der Waals surface area contributed by atoms with Crippen molar-refractivity contribution < 1.29 is 4.79 Å². The van der Waals surface area contributed by atoms with Crippen LogP contribution in [-0.2, 0) is 6.54 Å². The molecular weight excluding hydrogens is 338 g/mol. The quantitative estimate of drug-likeness (QED) is 0.716. The third-order valence-electron chi connectivity index (χ3n) is 5.06. The van der Waals surface area contributed by atoms with Gasteiger partial charge in [0.2, 0.25) is 0 Å². The molecule has 1 fully saturated rings. The van der Waals surface area contributed by atoms with Crippen molar-refractivity contribution in [2.75, 3.05) is 13.1 Å². The van der Waals surface area contributed by atoms with Crippen molar-refractivity contribution in [3.8, 4) is 0 Å². The molecule has 1 saturated heterocycles. The largest absolute Gasteiger partial charge is 0.338 e. The summed E-state index contributed by atoms with van der Waals surface area (Å²) in [6.07, 6.45) is 11.2. The van der Waals surface area contributed by atoms with Crippen molar-refractivity contribution in [2.45, 2.75) is 32.2 Å². The topological polar surface area (TPSA) is 63.9 Å². The Morgan fingerprint density at radius 3 is 2.89 bits per heavy atom. The van der Waals surface area contributed by atoms with Crippen LogP contribution in [0, 0.1) is 6.92 Å². The van der Waals surface area contributed by atoms with Gasteiger partial charge in [-0.15, -0.1) is 0 Å². The first-order chi connectivity index (χ1) is 13.2. The molecule has 0 bridgehead atoms. The van der Waals surface area contributed by atoms with E-state index in [1.165, 1.54) is 0 Å². The molecule has 138 valence electrons. The predicted octanol–water partition coefficient (Wildman–Crippen LogP) is 3.05. The number of pyridine rings is 2. The van der Waals surface area contributed by atoms with Gasteiger partial charge in [-0.1, -0.05) is 6.07 Å². The van der Waals surface area contributed by atoms with Crippen molar-refractivity contribution >= 4 is 5.91 Å². The molecule has 1 aliphatic rings. The van der Waals surface area contributed by atoms with Crippen LogP contribution in [0.2, 0.25) is 0 Å². The van der Waals surface area contributed by atoms with Crippen LogP contribution in [0.3, 0.4) is 0 Å². The molecule has 1 amide bonds. The second kappa shape index (κ2) is 7.70. The first-order valence-corrected chi connectivity index (χ1v) is 9.32. The van der Waals surface area contributed by atoms with E-state index in [0.717, 1.165) is 43.0 Å². The molecule has 4 heterocycles. The van der Waals surface area contributed by atoms with Crippen LogP contribution in [0.25, 0.3) is 0 Å². The van der Waals surface area contributed by atoms with Crippen molar-refractivity contribution in [1.29, 1.82) is 0 Å². The van der Waals surface area contributed by atoms with E-state index in [0.29, 0.717) is 12.1 Å². The normalized spacial score (nSPS) is 17.1. The lowest BCUT2D eigenvalue weighted by molar-refractivity contribution is 0.0703. The molecule has 27 heavy (non-hydrogen) atoms. The molecule has 0 spiro atoms. The van der Waals surface area contributed by atoms with Gasteiger partial charge in [-0.2, -0.15) is 0 Å². The summed E-state index contributed by atoms with van der Waals surface area (Å²) in [5.74, 6) is 1.34. The predicted molar refractivity (Wildman–Crippen MR) is 102 cm³/mol. The van der Waals surface area contributed by atoms with E-state index < -0.39 is 0 Å². The van der Waals surface area contributed by atoms with Gasteiger partial charge in [0.05, 0.1) is 12.1 Å². The average molecular weight is 361 g/mol. The fourth-order valence-electron chi connectivity index (χ4n) is 3.65. The maximum atomic E-state index is 12.9. The Morgan fingerprint density at radius 2 is 2.11 bits per heavy atom. The van der Waals surface area contributed by atoms with E-state index in [9.17, 15) is 4.79 Å². The van der Waals surface area contributed by atoms with Gasteiger partial charge in [-0.3, -0.25) is 14.8 Å². The molecule has 1 aliphatic heterocycles. The van der Waals surface area contributed by atoms with Gasteiger partial charge in [0.25, 0.3) is 5.91 Å². The number of hydrogen-bond donors (Lipinski definition) is 0. The third kappa shape index (κ3) is 3.89. The minimum Gasteiger partial charge on any atom is -0.338 e. The Morgan fingerprint density at radius 1 is 1.19 bits per heavy atom. The highest BCUT2D eigenvalue weighted by atomic mass is 16.2. The first kappa shape index (κ1) is 17.4. The number of amides is 1. The van der Waals surface area contributed by atoms with E-state index >= 15 is 0 Å². The van der Waals surface area contributed by atoms with Crippen LogP contribution in [0.15, 0.2) is 55.2 Å². The molecule has 6 heteroatoms. The van der Waals surface area contributed by atoms with Gasteiger partial charge in [0.15, 0.2) is 0 Å². The monoisotopic (exact) mass is 361 g/mol. The van der Waals surface area contributed by atoms with Crippen molar-refractivity contribution in [3.63, 3.8) is 0 Å². The summed E-state index contributed by atoms with van der Waals surface area (Å²) in [6.45, 7) is 4.14. The van der Waals surface area contributed by atoms with Crippen LogP contribution < -0.4 is 0 Å². The van der Waals surface area contributed by atoms with Crippen LogP contribution >= 0.6 is 0 Å². The molecule has 0 saturated carbocycles. The summed E-state index contributed by atoms with van der Waals surface area (Å²) in [5, 5.41) is 0. The Labute approximate surface area is 158 Å². The number of carbonyl (C=O) groups excluding carboxylic acids is 1. The van der Waals surface area contributed by atoms with Crippen LogP contribution in [-0.4, -0.2) is 43.4 Å². The molecule has 1 unspecified atom stereocenters. The maximum Gasteiger partial charge on any atom is 0.255 e. The molecule has 3 aromatic rings. The average Bonchev–Trinajstić information content (AvgIpc) is 3.17. The fraction of sp³-hybridized carbons (Fsp3) is 0.333. The number of hydrogen-bond acceptors (Lipinski definition) is 4. The Balaban J connectivity index is 1.50. The number of aryl methyl sites for hydroxylation is 1. The standard InChI is InChI=1S/C21H23N5O/c1-16-6-7-18(13-24-16)21(27)26-10-3-5-19(15-26)20-23-9-11-25(20)14-17-4-2-8-22-12-17/h2,4,6-9,11-13,19H,3,5,10,14-15H2,1H3. The third-order valence-corrected chi connectivity index (χ3v) is 5.06. The van der Waals surface area contributed by atoms with Gasteiger partial charge < -0.3 is 9.47 Å². The van der Waals surface area contributed by atoms with E-state index in [4.69, 9.17) is 0 Å². The zero-order valence-electron chi connectivity index (χ0n) is 15.5. The lowest BCUT2D eigenvalue weighted by Crippen LogP contribution is -2.39. The summed E-state index contributed by atoms with van der Waals surface area (Å²) in [5.41, 5.74) is 2.71.